The molecule has 0 saturated carbocycles. The average Bonchev–Trinajstić information content (AvgIpc) is 2.45. The number of hydrogen-bond acceptors (Lipinski definition) is 5. The second-order valence-electron chi connectivity index (χ2n) is 5.40. The summed E-state index contributed by atoms with van der Waals surface area (Å²) in [7, 11) is 0. The van der Waals surface area contributed by atoms with Gasteiger partial charge in [0.2, 0.25) is 0 Å². The molecule has 0 saturated heterocycles. The highest BCUT2D eigenvalue weighted by Crippen LogP contribution is 2.35. The zero-order valence-electron chi connectivity index (χ0n) is 12.2. The smallest absolute Gasteiger partial charge is 0.192 e. The largest absolute Gasteiger partial charge is 0.485 e. The number of aromatic nitrogens is 2. The van der Waals surface area contributed by atoms with E-state index < -0.39 is 0 Å². The van der Waals surface area contributed by atoms with Crippen LogP contribution in [0.3, 0.4) is 0 Å². The monoisotopic (exact) mass is 285 g/mol. The quantitative estimate of drug-likeness (QED) is 0.936. The fourth-order valence-corrected chi connectivity index (χ4v) is 2.38. The van der Waals surface area contributed by atoms with Gasteiger partial charge in [0.15, 0.2) is 23.4 Å². The normalized spacial score (nSPS) is 18.3. The first-order chi connectivity index (χ1) is 10.1. The van der Waals surface area contributed by atoms with Gasteiger partial charge in [0, 0.05) is 23.9 Å². The van der Waals surface area contributed by atoms with Crippen molar-refractivity contribution in [2.75, 3.05) is 6.61 Å². The third-order valence-corrected chi connectivity index (χ3v) is 3.25. The summed E-state index contributed by atoms with van der Waals surface area (Å²) in [6.07, 6.45) is 0.437. The van der Waals surface area contributed by atoms with Crippen LogP contribution >= 0.6 is 0 Å². The van der Waals surface area contributed by atoms with Crippen molar-refractivity contribution in [1.29, 1.82) is 0 Å². The van der Waals surface area contributed by atoms with Gasteiger partial charge in [-0.1, -0.05) is 12.1 Å². The van der Waals surface area contributed by atoms with Gasteiger partial charge in [0.1, 0.15) is 6.61 Å². The van der Waals surface area contributed by atoms with Crippen LogP contribution in [0.15, 0.2) is 30.3 Å². The van der Waals surface area contributed by atoms with E-state index in [2.05, 4.69) is 9.97 Å². The summed E-state index contributed by atoms with van der Waals surface area (Å²) >= 11 is 0. The van der Waals surface area contributed by atoms with Crippen LogP contribution in [0.4, 0.5) is 0 Å². The van der Waals surface area contributed by atoms with E-state index in [0.717, 1.165) is 29.3 Å². The standard InChI is InChI=1S/C16H19N3O2/c1-10(17)7-12-8-11(2)18-16(19-12)15-9-20-13-5-3-4-6-14(13)21-15/h3-6,8,10,15H,7,9,17H2,1-2H3. The van der Waals surface area contributed by atoms with Crippen LogP contribution in [-0.4, -0.2) is 22.6 Å². The molecule has 2 unspecified atom stereocenters. The molecule has 2 heterocycles. The van der Waals surface area contributed by atoms with Crippen LogP contribution in [0, 0.1) is 6.92 Å². The van der Waals surface area contributed by atoms with Crippen LogP contribution in [-0.2, 0) is 6.42 Å². The molecule has 1 aromatic heterocycles. The number of nitrogens with two attached hydrogens (primary N) is 1. The maximum atomic E-state index is 5.95. The molecule has 2 N–H and O–H groups in total. The van der Waals surface area contributed by atoms with E-state index in [1.165, 1.54) is 0 Å². The van der Waals surface area contributed by atoms with Gasteiger partial charge in [0.25, 0.3) is 0 Å². The van der Waals surface area contributed by atoms with Crippen LogP contribution in [0.1, 0.15) is 30.2 Å². The van der Waals surface area contributed by atoms with E-state index in [-0.39, 0.29) is 12.1 Å². The average molecular weight is 285 g/mol. The molecular weight excluding hydrogens is 266 g/mol. The predicted octanol–water partition coefficient (Wildman–Crippen LogP) is 2.19. The zero-order valence-corrected chi connectivity index (χ0v) is 12.2. The molecule has 1 aromatic carbocycles. The molecule has 5 heteroatoms. The van der Waals surface area contributed by atoms with Crippen molar-refractivity contribution in [1.82, 2.24) is 9.97 Å². The number of nitrogens with zero attached hydrogens (tertiary/aromatic N) is 2. The maximum Gasteiger partial charge on any atom is 0.192 e. The lowest BCUT2D eigenvalue weighted by molar-refractivity contribution is 0.0847. The highest BCUT2D eigenvalue weighted by Gasteiger charge is 2.25. The first-order valence-electron chi connectivity index (χ1n) is 7.10. The first-order valence-corrected chi connectivity index (χ1v) is 7.10. The number of benzene rings is 1. The molecule has 0 radical (unpaired) electrons. The lowest BCUT2D eigenvalue weighted by Gasteiger charge is -2.25. The van der Waals surface area contributed by atoms with Gasteiger partial charge in [0.05, 0.1) is 0 Å². The Balaban J connectivity index is 1.86. The topological polar surface area (TPSA) is 70.3 Å². The molecule has 2 aromatic rings. The summed E-state index contributed by atoms with van der Waals surface area (Å²) in [6, 6.07) is 9.65. The van der Waals surface area contributed by atoms with E-state index in [4.69, 9.17) is 15.2 Å². The summed E-state index contributed by atoms with van der Waals surface area (Å²) in [6.45, 7) is 4.33. The zero-order chi connectivity index (χ0) is 14.8. The van der Waals surface area contributed by atoms with Gasteiger partial charge in [-0.05, 0) is 32.0 Å². The van der Waals surface area contributed by atoms with Crippen LogP contribution < -0.4 is 15.2 Å². The SMILES string of the molecule is Cc1cc(CC(C)N)nc(C2COc3ccccc3O2)n1. The minimum atomic E-state index is -0.286. The summed E-state index contributed by atoms with van der Waals surface area (Å²) < 4.78 is 11.7. The fraction of sp³-hybridized carbons (Fsp3) is 0.375. The highest BCUT2D eigenvalue weighted by atomic mass is 16.6. The second kappa shape index (κ2) is 5.69. The maximum absolute atomic E-state index is 5.95. The molecular formula is C16H19N3O2. The molecule has 5 nitrogen and oxygen atoms in total. The Hall–Kier alpha value is -2.14. The van der Waals surface area contributed by atoms with E-state index >= 15 is 0 Å². The lowest BCUT2D eigenvalue weighted by Crippen LogP contribution is -2.25. The van der Waals surface area contributed by atoms with Crippen LogP contribution in [0.5, 0.6) is 11.5 Å². The van der Waals surface area contributed by atoms with Gasteiger partial charge in [-0.2, -0.15) is 0 Å². The summed E-state index contributed by atoms with van der Waals surface area (Å²) in [4.78, 5) is 9.06. The second-order valence-corrected chi connectivity index (χ2v) is 5.40. The van der Waals surface area contributed by atoms with E-state index in [9.17, 15) is 0 Å². The Morgan fingerprint density at radius 3 is 2.81 bits per heavy atom. The number of ether oxygens (including phenoxy) is 2. The third kappa shape index (κ3) is 3.13. The highest BCUT2D eigenvalue weighted by molar-refractivity contribution is 5.41. The van der Waals surface area contributed by atoms with Gasteiger partial charge in [-0.15, -0.1) is 0 Å². The molecule has 1 aliphatic rings. The van der Waals surface area contributed by atoms with Gasteiger partial charge in [-0.3, -0.25) is 0 Å². The molecule has 0 bridgehead atoms. The Morgan fingerprint density at radius 2 is 2.05 bits per heavy atom. The van der Waals surface area contributed by atoms with Crippen molar-refractivity contribution in [2.45, 2.75) is 32.4 Å². The minimum absolute atomic E-state index is 0.0661. The van der Waals surface area contributed by atoms with Crippen molar-refractivity contribution in [2.24, 2.45) is 5.73 Å². The molecule has 3 rings (SSSR count). The molecule has 0 fully saturated rings. The summed E-state index contributed by atoms with van der Waals surface area (Å²) in [5, 5.41) is 0. The Kier molecular flexibility index (Phi) is 3.75. The molecule has 0 spiro atoms. The van der Waals surface area contributed by atoms with Gasteiger partial charge in [-0.25, -0.2) is 9.97 Å². The molecule has 0 amide bonds. The lowest BCUT2D eigenvalue weighted by atomic mass is 10.1. The van der Waals surface area contributed by atoms with Crippen LogP contribution in [0.25, 0.3) is 0 Å². The fourth-order valence-electron chi connectivity index (χ4n) is 2.38. The van der Waals surface area contributed by atoms with Crippen molar-refractivity contribution in [3.8, 4) is 11.5 Å². The molecule has 21 heavy (non-hydrogen) atoms. The van der Waals surface area contributed by atoms with Crippen molar-refractivity contribution < 1.29 is 9.47 Å². The third-order valence-electron chi connectivity index (χ3n) is 3.25. The number of aryl methyl sites for hydroxylation is 1. The number of para-hydroxylation sites is 2. The summed E-state index contributed by atoms with van der Waals surface area (Å²) in [5.74, 6) is 2.14. The first kappa shape index (κ1) is 13.8. The van der Waals surface area contributed by atoms with Crippen LogP contribution in [0.2, 0.25) is 0 Å². The Labute approximate surface area is 124 Å². The molecule has 2 atom stereocenters. The number of hydrogen-bond donors (Lipinski definition) is 1. The van der Waals surface area contributed by atoms with Gasteiger partial charge >= 0.3 is 0 Å². The van der Waals surface area contributed by atoms with Gasteiger partial charge < -0.3 is 15.2 Å². The van der Waals surface area contributed by atoms with E-state index in [0.29, 0.717) is 12.4 Å². The number of fused-ring (bicyclic) bond motifs is 1. The van der Waals surface area contributed by atoms with Crippen molar-refractivity contribution in [3.05, 3.63) is 47.5 Å². The van der Waals surface area contributed by atoms with E-state index in [1.54, 1.807) is 0 Å². The Morgan fingerprint density at radius 1 is 1.29 bits per heavy atom. The summed E-state index contributed by atoms with van der Waals surface area (Å²) in [5.41, 5.74) is 7.70. The molecule has 0 aliphatic carbocycles. The number of rotatable bonds is 3. The van der Waals surface area contributed by atoms with Crippen molar-refractivity contribution >= 4 is 0 Å². The van der Waals surface area contributed by atoms with E-state index in [1.807, 2.05) is 44.2 Å². The van der Waals surface area contributed by atoms with Crippen molar-refractivity contribution in [3.63, 3.8) is 0 Å². The molecule has 1 aliphatic heterocycles. The Bertz CT molecular complexity index is 643. The molecule has 110 valence electrons. The predicted molar refractivity (Wildman–Crippen MR) is 79.4 cm³/mol. The minimum Gasteiger partial charge on any atom is -0.485 e.